The van der Waals surface area contributed by atoms with E-state index < -0.39 is 0 Å². The third-order valence-corrected chi connectivity index (χ3v) is 3.41. The lowest BCUT2D eigenvalue weighted by atomic mass is 10.2. The highest BCUT2D eigenvalue weighted by molar-refractivity contribution is 7.80. The van der Waals surface area contributed by atoms with Gasteiger partial charge in [0.2, 0.25) is 0 Å². The van der Waals surface area contributed by atoms with Crippen molar-refractivity contribution in [1.82, 2.24) is 9.78 Å². The topological polar surface area (TPSA) is 62.3 Å². The van der Waals surface area contributed by atoms with Crippen LogP contribution in [0, 0.1) is 0 Å². The molecule has 21 heavy (non-hydrogen) atoms. The first kappa shape index (κ1) is 15.3. The van der Waals surface area contributed by atoms with Gasteiger partial charge in [-0.05, 0) is 24.6 Å². The normalized spacial score (nSPS) is 10.4. The summed E-state index contributed by atoms with van der Waals surface area (Å²) >= 11 is 5.00. The highest BCUT2D eigenvalue weighted by Gasteiger charge is 2.08. The molecule has 112 valence electrons. The van der Waals surface area contributed by atoms with Crippen LogP contribution in [0.3, 0.4) is 0 Å². The van der Waals surface area contributed by atoms with E-state index in [-0.39, 0.29) is 0 Å². The number of methoxy groups -OCH3 is 1. The minimum absolute atomic E-state index is 0.313. The maximum atomic E-state index is 5.81. The number of hydrogen-bond donors (Lipinski definition) is 1. The Morgan fingerprint density at radius 3 is 2.57 bits per heavy atom. The number of nitrogens with zero attached hydrogens (tertiary/aromatic N) is 2. The first-order valence-electron chi connectivity index (χ1n) is 6.67. The van der Waals surface area contributed by atoms with E-state index in [0.29, 0.717) is 23.1 Å². The van der Waals surface area contributed by atoms with Crippen molar-refractivity contribution in [2.75, 3.05) is 7.11 Å². The highest BCUT2D eigenvalue weighted by Crippen LogP contribution is 2.23. The summed E-state index contributed by atoms with van der Waals surface area (Å²) in [4.78, 5) is 0.313. The number of nitrogens with two attached hydrogens (primary N) is 1. The zero-order chi connectivity index (χ0) is 15.4. The molecule has 0 aliphatic heterocycles. The molecule has 0 saturated carbocycles. The number of benzene rings is 1. The summed E-state index contributed by atoms with van der Waals surface area (Å²) in [5.74, 6) is 1.32. The van der Waals surface area contributed by atoms with Gasteiger partial charge in [-0.25, -0.2) is 0 Å². The van der Waals surface area contributed by atoms with E-state index in [1.807, 2.05) is 23.9 Å². The van der Waals surface area contributed by atoms with Crippen molar-refractivity contribution in [2.45, 2.75) is 20.0 Å². The maximum Gasteiger partial charge on any atom is 0.130 e. The Bertz CT molecular complexity index is 652. The van der Waals surface area contributed by atoms with Crippen LogP contribution in [0.25, 0.3) is 0 Å². The Morgan fingerprint density at radius 2 is 2.00 bits per heavy atom. The number of thiocarbonyl (C=S) groups is 1. The fraction of sp³-hybridized carbons (Fsp3) is 0.333. The van der Waals surface area contributed by atoms with Crippen molar-refractivity contribution in [3.63, 3.8) is 0 Å². The molecule has 0 unspecified atom stereocenters. The molecule has 0 spiro atoms. The predicted octanol–water partition coefficient (Wildman–Crippen LogP) is 2.20. The summed E-state index contributed by atoms with van der Waals surface area (Å²) < 4.78 is 12.9. The molecule has 0 atom stereocenters. The van der Waals surface area contributed by atoms with Crippen LogP contribution in [-0.2, 0) is 20.1 Å². The predicted molar refractivity (Wildman–Crippen MR) is 85.8 cm³/mol. The van der Waals surface area contributed by atoms with Crippen molar-refractivity contribution >= 4 is 17.2 Å². The number of aryl methyl sites for hydroxylation is 2. The molecule has 0 saturated heterocycles. The summed E-state index contributed by atoms with van der Waals surface area (Å²) in [6.45, 7) is 2.50. The van der Waals surface area contributed by atoms with Crippen LogP contribution >= 0.6 is 12.2 Å². The fourth-order valence-corrected chi connectivity index (χ4v) is 2.07. The summed E-state index contributed by atoms with van der Waals surface area (Å²) in [5, 5.41) is 4.39. The monoisotopic (exact) mass is 305 g/mol. The highest BCUT2D eigenvalue weighted by atomic mass is 32.1. The standard InChI is InChI=1S/C15H19N3O2S/c1-4-11-7-12(18(2)17-11)9-20-14-6-10(15(16)21)5-13(8-14)19-3/h5-8H,4,9H2,1-3H3,(H2,16,21). The largest absolute Gasteiger partial charge is 0.497 e. The van der Waals surface area contributed by atoms with Gasteiger partial charge in [-0.1, -0.05) is 19.1 Å². The van der Waals surface area contributed by atoms with Gasteiger partial charge < -0.3 is 15.2 Å². The van der Waals surface area contributed by atoms with Crippen LogP contribution in [0.2, 0.25) is 0 Å². The van der Waals surface area contributed by atoms with E-state index in [9.17, 15) is 0 Å². The first-order valence-corrected chi connectivity index (χ1v) is 7.07. The number of aromatic nitrogens is 2. The number of hydrogen-bond acceptors (Lipinski definition) is 4. The van der Waals surface area contributed by atoms with Crippen LogP contribution in [0.15, 0.2) is 24.3 Å². The lowest BCUT2D eigenvalue weighted by Gasteiger charge is -2.10. The molecule has 6 heteroatoms. The van der Waals surface area contributed by atoms with Gasteiger partial charge in [0.05, 0.1) is 18.5 Å². The lowest BCUT2D eigenvalue weighted by molar-refractivity contribution is 0.292. The lowest BCUT2D eigenvalue weighted by Crippen LogP contribution is -2.10. The van der Waals surface area contributed by atoms with Crippen LogP contribution < -0.4 is 15.2 Å². The van der Waals surface area contributed by atoms with E-state index in [2.05, 4.69) is 12.0 Å². The summed E-state index contributed by atoms with van der Waals surface area (Å²) in [5.41, 5.74) is 8.44. The van der Waals surface area contributed by atoms with E-state index in [1.165, 1.54) is 0 Å². The average Bonchev–Trinajstić information content (AvgIpc) is 2.85. The van der Waals surface area contributed by atoms with Crippen molar-refractivity contribution in [3.05, 3.63) is 41.2 Å². The average molecular weight is 305 g/mol. The van der Waals surface area contributed by atoms with Gasteiger partial charge in [0.15, 0.2) is 0 Å². The van der Waals surface area contributed by atoms with E-state index in [0.717, 1.165) is 23.4 Å². The Labute approximate surface area is 129 Å². The Kier molecular flexibility index (Phi) is 4.80. The maximum absolute atomic E-state index is 5.81. The third-order valence-electron chi connectivity index (χ3n) is 3.18. The van der Waals surface area contributed by atoms with Crippen molar-refractivity contribution in [3.8, 4) is 11.5 Å². The number of rotatable bonds is 6. The SMILES string of the molecule is CCc1cc(COc2cc(OC)cc(C(N)=S)c2)n(C)n1. The minimum atomic E-state index is 0.313. The third kappa shape index (κ3) is 3.72. The Morgan fingerprint density at radius 1 is 1.29 bits per heavy atom. The van der Waals surface area contributed by atoms with Gasteiger partial charge in [-0.15, -0.1) is 0 Å². The molecule has 0 aliphatic rings. The van der Waals surface area contributed by atoms with Gasteiger partial charge in [-0.2, -0.15) is 5.10 Å². The van der Waals surface area contributed by atoms with Gasteiger partial charge in [0, 0.05) is 18.7 Å². The van der Waals surface area contributed by atoms with E-state index in [1.54, 1.807) is 19.2 Å². The zero-order valence-electron chi connectivity index (χ0n) is 12.4. The Hall–Kier alpha value is -2.08. The molecule has 1 aromatic carbocycles. The molecular weight excluding hydrogens is 286 g/mol. The molecule has 1 aromatic heterocycles. The summed E-state index contributed by atoms with van der Waals surface area (Å²) in [6, 6.07) is 7.43. The molecular formula is C15H19N3O2S. The second-order valence-corrected chi connectivity index (χ2v) is 5.09. The molecule has 0 fully saturated rings. The first-order chi connectivity index (χ1) is 10.0. The van der Waals surface area contributed by atoms with Gasteiger partial charge in [0.1, 0.15) is 23.1 Å². The minimum Gasteiger partial charge on any atom is -0.497 e. The molecule has 0 amide bonds. The van der Waals surface area contributed by atoms with Gasteiger partial charge in [-0.3, -0.25) is 4.68 Å². The van der Waals surface area contributed by atoms with Crippen molar-refractivity contribution in [2.24, 2.45) is 12.8 Å². The molecule has 0 aliphatic carbocycles. The van der Waals surface area contributed by atoms with Crippen molar-refractivity contribution < 1.29 is 9.47 Å². The second-order valence-electron chi connectivity index (χ2n) is 4.65. The molecule has 1 heterocycles. The molecule has 0 radical (unpaired) electrons. The van der Waals surface area contributed by atoms with Crippen molar-refractivity contribution in [1.29, 1.82) is 0 Å². The molecule has 2 N–H and O–H groups in total. The molecule has 2 aromatic rings. The molecule has 0 bridgehead atoms. The second kappa shape index (κ2) is 6.58. The van der Waals surface area contributed by atoms with E-state index in [4.69, 9.17) is 27.4 Å². The summed E-state index contributed by atoms with van der Waals surface area (Å²) in [7, 11) is 3.50. The molecule has 2 rings (SSSR count). The smallest absolute Gasteiger partial charge is 0.130 e. The zero-order valence-corrected chi connectivity index (χ0v) is 13.2. The van der Waals surface area contributed by atoms with Crippen LogP contribution in [0.1, 0.15) is 23.9 Å². The van der Waals surface area contributed by atoms with Gasteiger partial charge in [0.25, 0.3) is 0 Å². The van der Waals surface area contributed by atoms with Crippen LogP contribution in [0.5, 0.6) is 11.5 Å². The van der Waals surface area contributed by atoms with E-state index >= 15 is 0 Å². The fourth-order valence-electron chi connectivity index (χ4n) is 1.95. The molecule has 5 nitrogen and oxygen atoms in total. The van der Waals surface area contributed by atoms with Gasteiger partial charge >= 0.3 is 0 Å². The number of ether oxygens (including phenoxy) is 2. The quantitative estimate of drug-likeness (QED) is 0.829. The van der Waals surface area contributed by atoms with Crippen LogP contribution in [0.4, 0.5) is 0 Å². The summed E-state index contributed by atoms with van der Waals surface area (Å²) in [6.07, 6.45) is 0.901. The van der Waals surface area contributed by atoms with Crippen LogP contribution in [-0.4, -0.2) is 21.9 Å². The Balaban J connectivity index is 2.17.